The molecule has 0 radical (unpaired) electrons. The molecule has 2 bridgehead atoms. The molecule has 2 aliphatic rings. The lowest BCUT2D eigenvalue weighted by Gasteiger charge is -2.29. The highest BCUT2D eigenvalue weighted by molar-refractivity contribution is 6.09. The Bertz CT molecular complexity index is 800. The van der Waals surface area contributed by atoms with Gasteiger partial charge >= 0.3 is 0 Å². The summed E-state index contributed by atoms with van der Waals surface area (Å²) in [7, 11) is 0. The number of benzene rings is 2. The SMILES string of the molecule is Cl.O=C(Nc1ccccc1C(=O)NC1CC2CCC(C1)N2)c1ccccc1. The van der Waals surface area contributed by atoms with Crippen molar-refractivity contribution in [2.24, 2.45) is 0 Å². The van der Waals surface area contributed by atoms with Crippen LogP contribution in [0.3, 0.4) is 0 Å². The lowest BCUT2D eigenvalue weighted by Crippen LogP contribution is -2.48. The van der Waals surface area contributed by atoms with Crippen molar-refractivity contribution in [2.45, 2.75) is 43.8 Å². The van der Waals surface area contributed by atoms with E-state index in [1.54, 1.807) is 24.3 Å². The van der Waals surface area contributed by atoms with E-state index >= 15 is 0 Å². The first-order valence-electron chi connectivity index (χ1n) is 9.21. The Morgan fingerprint density at radius 3 is 2.19 bits per heavy atom. The molecule has 2 amide bonds. The van der Waals surface area contributed by atoms with Gasteiger partial charge < -0.3 is 16.0 Å². The summed E-state index contributed by atoms with van der Waals surface area (Å²) in [5.41, 5.74) is 1.61. The number of nitrogens with one attached hydrogen (secondary N) is 3. The number of amides is 2. The summed E-state index contributed by atoms with van der Waals surface area (Å²) in [6, 6.07) is 17.4. The maximum atomic E-state index is 12.8. The van der Waals surface area contributed by atoms with Gasteiger partial charge in [-0.2, -0.15) is 0 Å². The largest absolute Gasteiger partial charge is 0.349 e. The van der Waals surface area contributed by atoms with Gasteiger partial charge in [-0.3, -0.25) is 9.59 Å². The van der Waals surface area contributed by atoms with Crippen LogP contribution in [0.5, 0.6) is 0 Å². The van der Waals surface area contributed by atoms with Crippen molar-refractivity contribution in [1.82, 2.24) is 10.6 Å². The summed E-state index contributed by atoms with van der Waals surface area (Å²) in [5.74, 6) is -0.342. The molecule has 0 aromatic heterocycles. The van der Waals surface area contributed by atoms with Crippen LogP contribution < -0.4 is 16.0 Å². The van der Waals surface area contributed by atoms with E-state index in [4.69, 9.17) is 0 Å². The van der Waals surface area contributed by atoms with Crippen molar-refractivity contribution in [3.05, 3.63) is 65.7 Å². The quantitative estimate of drug-likeness (QED) is 0.755. The molecule has 2 aromatic rings. The Morgan fingerprint density at radius 1 is 0.852 bits per heavy atom. The zero-order valence-electron chi connectivity index (χ0n) is 15.0. The highest BCUT2D eigenvalue weighted by Gasteiger charge is 2.34. The van der Waals surface area contributed by atoms with E-state index in [1.165, 1.54) is 12.8 Å². The third-order valence-corrected chi connectivity index (χ3v) is 5.26. The molecule has 0 aliphatic carbocycles. The summed E-state index contributed by atoms with van der Waals surface area (Å²) < 4.78 is 0. The predicted molar refractivity (Wildman–Crippen MR) is 109 cm³/mol. The van der Waals surface area contributed by atoms with Crippen LogP contribution in [0, 0.1) is 0 Å². The minimum atomic E-state index is -0.217. The first-order chi connectivity index (χ1) is 12.7. The average molecular weight is 386 g/mol. The summed E-state index contributed by atoms with van der Waals surface area (Å²) >= 11 is 0. The number of fused-ring (bicyclic) bond motifs is 2. The number of piperidine rings is 1. The molecule has 27 heavy (non-hydrogen) atoms. The van der Waals surface area contributed by atoms with Gasteiger partial charge in [-0.15, -0.1) is 12.4 Å². The molecule has 0 spiro atoms. The van der Waals surface area contributed by atoms with E-state index in [9.17, 15) is 9.59 Å². The fraction of sp³-hybridized carbons (Fsp3) is 0.333. The number of carbonyl (C=O) groups excluding carboxylic acids is 2. The zero-order chi connectivity index (χ0) is 17.9. The van der Waals surface area contributed by atoms with Gasteiger partial charge in [0.05, 0.1) is 11.3 Å². The predicted octanol–water partition coefficient (Wildman–Crippen LogP) is 3.37. The van der Waals surface area contributed by atoms with Gasteiger partial charge in [-0.1, -0.05) is 30.3 Å². The number of halogens is 1. The van der Waals surface area contributed by atoms with Crippen LogP contribution in [-0.2, 0) is 0 Å². The topological polar surface area (TPSA) is 70.2 Å². The number of hydrogen-bond acceptors (Lipinski definition) is 3. The van der Waals surface area contributed by atoms with E-state index in [2.05, 4.69) is 16.0 Å². The summed E-state index contributed by atoms with van der Waals surface area (Å²) in [5, 5.41) is 9.60. The van der Waals surface area contributed by atoms with E-state index in [1.807, 2.05) is 30.3 Å². The Balaban J connectivity index is 0.00000210. The molecule has 2 fully saturated rings. The summed E-state index contributed by atoms with van der Waals surface area (Å²) in [6.45, 7) is 0. The number of carbonyl (C=O) groups is 2. The smallest absolute Gasteiger partial charge is 0.255 e. The molecule has 2 unspecified atom stereocenters. The highest BCUT2D eigenvalue weighted by Crippen LogP contribution is 2.27. The molecule has 4 rings (SSSR count). The Labute approximate surface area is 165 Å². The van der Waals surface area contributed by atoms with Gasteiger partial charge in [-0.25, -0.2) is 0 Å². The number of hydrogen-bond donors (Lipinski definition) is 3. The second-order valence-corrected chi connectivity index (χ2v) is 7.15. The fourth-order valence-corrected chi connectivity index (χ4v) is 4.01. The first-order valence-corrected chi connectivity index (χ1v) is 9.21. The van der Waals surface area contributed by atoms with E-state index in [0.717, 1.165) is 12.8 Å². The molecule has 2 heterocycles. The van der Waals surface area contributed by atoms with Crippen LogP contribution in [0.15, 0.2) is 54.6 Å². The van der Waals surface area contributed by atoms with Crippen molar-refractivity contribution < 1.29 is 9.59 Å². The lowest BCUT2D eigenvalue weighted by atomic mass is 9.99. The molecule has 6 heteroatoms. The molecule has 2 atom stereocenters. The Kier molecular flexibility index (Phi) is 6.14. The summed E-state index contributed by atoms with van der Waals surface area (Å²) in [6.07, 6.45) is 4.34. The van der Waals surface area contributed by atoms with Crippen molar-refractivity contribution in [3.63, 3.8) is 0 Å². The maximum Gasteiger partial charge on any atom is 0.255 e. The number of para-hydroxylation sites is 1. The fourth-order valence-electron chi connectivity index (χ4n) is 4.01. The second-order valence-electron chi connectivity index (χ2n) is 7.15. The van der Waals surface area contributed by atoms with Crippen LogP contribution in [0.4, 0.5) is 5.69 Å². The molecule has 142 valence electrons. The minimum Gasteiger partial charge on any atom is -0.349 e. The van der Waals surface area contributed by atoms with E-state index in [0.29, 0.717) is 28.9 Å². The van der Waals surface area contributed by atoms with Gasteiger partial charge in [0, 0.05) is 23.7 Å². The van der Waals surface area contributed by atoms with Gasteiger partial charge in [0.2, 0.25) is 0 Å². The van der Waals surface area contributed by atoms with Crippen molar-refractivity contribution in [2.75, 3.05) is 5.32 Å². The first kappa shape index (κ1) is 19.4. The average Bonchev–Trinajstić information content (AvgIpc) is 3.01. The van der Waals surface area contributed by atoms with Crippen molar-refractivity contribution >= 4 is 29.9 Å². The number of anilines is 1. The van der Waals surface area contributed by atoms with Crippen LogP contribution >= 0.6 is 12.4 Å². The van der Waals surface area contributed by atoms with Crippen molar-refractivity contribution in [3.8, 4) is 0 Å². The molecule has 3 N–H and O–H groups in total. The minimum absolute atomic E-state index is 0. The molecule has 2 saturated heterocycles. The molecular formula is C21H24ClN3O2. The van der Waals surface area contributed by atoms with E-state index < -0.39 is 0 Å². The normalized spacial score (nSPS) is 23.2. The van der Waals surface area contributed by atoms with Crippen LogP contribution in [0.25, 0.3) is 0 Å². The standard InChI is InChI=1S/C21H23N3O2.ClH/c25-20(14-6-2-1-3-7-14)24-19-9-5-4-8-18(19)21(26)23-17-12-15-10-11-16(13-17)22-15;/h1-9,15-17,22H,10-13H2,(H,23,26)(H,24,25);1H. The molecule has 2 aliphatic heterocycles. The van der Waals surface area contributed by atoms with E-state index in [-0.39, 0.29) is 30.3 Å². The van der Waals surface area contributed by atoms with Gasteiger partial charge in [0.25, 0.3) is 11.8 Å². The van der Waals surface area contributed by atoms with Gasteiger partial charge in [0.15, 0.2) is 0 Å². The highest BCUT2D eigenvalue weighted by atomic mass is 35.5. The van der Waals surface area contributed by atoms with Crippen LogP contribution in [-0.4, -0.2) is 29.9 Å². The van der Waals surface area contributed by atoms with Crippen LogP contribution in [0.2, 0.25) is 0 Å². The monoisotopic (exact) mass is 385 g/mol. The lowest BCUT2D eigenvalue weighted by molar-refractivity contribution is 0.0925. The zero-order valence-corrected chi connectivity index (χ0v) is 15.8. The second kappa shape index (κ2) is 8.55. The van der Waals surface area contributed by atoms with Crippen molar-refractivity contribution in [1.29, 1.82) is 0 Å². The molecular weight excluding hydrogens is 362 g/mol. The van der Waals surface area contributed by atoms with Gasteiger partial charge in [-0.05, 0) is 49.9 Å². The number of rotatable bonds is 4. The Hall–Kier alpha value is -2.37. The van der Waals surface area contributed by atoms with Crippen LogP contribution in [0.1, 0.15) is 46.4 Å². The third-order valence-electron chi connectivity index (χ3n) is 5.26. The molecule has 0 saturated carbocycles. The molecule has 2 aromatic carbocycles. The van der Waals surface area contributed by atoms with Gasteiger partial charge in [0.1, 0.15) is 0 Å². The Morgan fingerprint density at radius 2 is 1.48 bits per heavy atom. The molecule has 5 nitrogen and oxygen atoms in total. The maximum absolute atomic E-state index is 12.8. The third kappa shape index (κ3) is 4.49. The summed E-state index contributed by atoms with van der Waals surface area (Å²) in [4.78, 5) is 25.2.